The minimum Gasteiger partial charge on any atom is -0.379 e. The molecule has 1 N–H and O–H groups in total. The van der Waals surface area contributed by atoms with Crippen molar-refractivity contribution >= 4 is 17.5 Å². The SMILES string of the molecule is Cc1onc(-c2c(F)cccc2Cl)c1C(=O)NC[C@@H](CC(C)C)N1CCOCC1. The van der Waals surface area contributed by atoms with Crippen LogP contribution in [0.4, 0.5) is 4.39 Å². The lowest BCUT2D eigenvalue weighted by molar-refractivity contribution is 0.0124. The minimum atomic E-state index is -0.550. The van der Waals surface area contributed by atoms with Gasteiger partial charge in [0.15, 0.2) is 0 Å². The van der Waals surface area contributed by atoms with Crippen molar-refractivity contribution in [2.75, 3.05) is 32.8 Å². The van der Waals surface area contributed by atoms with Gasteiger partial charge in [-0.25, -0.2) is 4.39 Å². The van der Waals surface area contributed by atoms with E-state index in [0.717, 1.165) is 19.5 Å². The molecule has 2 aromatic rings. The van der Waals surface area contributed by atoms with Crippen LogP contribution >= 0.6 is 11.6 Å². The fraction of sp³-hybridized carbons (Fsp3) is 0.524. The van der Waals surface area contributed by atoms with Crippen LogP contribution in [-0.2, 0) is 4.74 Å². The topological polar surface area (TPSA) is 67.6 Å². The number of hydrogen-bond acceptors (Lipinski definition) is 5. The molecule has 1 saturated heterocycles. The summed E-state index contributed by atoms with van der Waals surface area (Å²) in [6, 6.07) is 4.54. The van der Waals surface area contributed by atoms with Crippen LogP contribution in [-0.4, -0.2) is 54.9 Å². The predicted molar refractivity (Wildman–Crippen MR) is 110 cm³/mol. The Hall–Kier alpha value is -1.96. The third-order valence-electron chi connectivity index (χ3n) is 5.09. The normalized spacial score (nSPS) is 16.2. The molecule has 6 nitrogen and oxygen atoms in total. The van der Waals surface area contributed by atoms with E-state index in [2.05, 4.69) is 29.2 Å². The summed E-state index contributed by atoms with van der Waals surface area (Å²) in [5.74, 6) is -0.0839. The Labute approximate surface area is 175 Å². The number of morpholine rings is 1. The van der Waals surface area contributed by atoms with Gasteiger partial charge >= 0.3 is 0 Å². The van der Waals surface area contributed by atoms with Crippen LogP contribution < -0.4 is 5.32 Å². The van der Waals surface area contributed by atoms with Crippen LogP contribution in [0.15, 0.2) is 22.7 Å². The number of aryl methyl sites for hydroxylation is 1. The standard InChI is InChI=1S/C21H27ClFN3O3/c1-13(2)11-15(26-7-9-28-10-8-26)12-24-21(27)18-14(3)29-25-20(18)19-16(22)5-4-6-17(19)23/h4-6,13,15H,7-12H2,1-3H3,(H,24,27)/t15-/m1/s1. The number of nitrogens with one attached hydrogen (secondary N) is 1. The van der Waals surface area contributed by atoms with Crippen LogP contribution in [0.1, 0.15) is 36.4 Å². The third-order valence-corrected chi connectivity index (χ3v) is 5.41. The molecule has 3 rings (SSSR count). The van der Waals surface area contributed by atoms with Crippen molar-refractivity contribution in [3.8, 4) is 11.3 Å². The Balaban J connectivity index is 1.79. The number of halogens is 2. The van der Waals surface area contributed by atoms with Crippen LogP contribution in [0, 0.1) is 18.7 Å². The Kier molecular flexibility index (Phi) is 7.27. The highest BCUT2D eigenvalue weighted by Crippen LogP contribution is 2.33. The van der Waals surface area contributed by atoms with Crippen molar-refractivity contribution in [3.63, 3.8) is 0 Å². The van der Waals surface area contributed by atoms with Gasteiger partial charge in [0.25, 0.3) is 5.91 Å². The minimum absolute atomic E-state index is 0.0723. The monoisotopic (exact) mass is 423 g/mol. The van der Waals surface area contributed by atoms with Gasteiger partial charge in [-0.1, -0.05) is 36.7 Å². The molecule has 0 bridgehead atoms. The summed E-state index contributed by atoms with van der Waals surface area (Å²) in [7, 11) is 0. The Morgan fingerprint density at radius 1 is 1.34 bits per heavy atom. The van der Waals surface area contributed by atoms with Gasteiger partial charge in [0, 0.05) is 25.7 Å². The number of aromatic nitrogens is 1. The van der Waals surface area contributed by atoms with E-state index in [9.17, 15) is 9.18 Å². The average molecular weight is 424 g/mol. The first-order valence-electron chi connectivity index (χ1n) is 9.89. The van der Waals surface area contributed by atoms with E-state index < -0.39 is 5.82 Å². The summed E-state index contributed by atoms with van der Waals surface area (Å²) in [4.78, 5) is 15.3. The number of ether oxygens (including phenoxy) is 1. The smallest absolute Gasteiger partial charge is 0.257 e. The van der Waals surface area contributed by atoms with Crippen LogP contribution in [0.3, 0.4) is 0 Å². The van der Waals surface area contributed by atoms with Crippen molar-refractivity contribution in [3.05, 3.63) is 40.4 Å². The molecule has 1 aliphatic rings. The van der Waals surface area contributed by atoms with E-state index in [1.165, 1.54) is 12.1 Å². The number of hydrogen-bond donors (Lipinski definition) is 1. The van der Waals surface area contributed by atoms with Crippen molar-refractivity contribution in [2.24, 2.45) is 5.92 Å². The quantitative estimate of drug-likeness (QED) is 0.731. The number of amides is 1. The summed E-state index contributed by atoms with van der Waals surface area (Å²) in [5.41, 5.74) is 0.403. The zero-order valence-corrected chi connectivity index (χ0v) is 17.8. The summed E-state index contributed by atoms with van der Waals surface area (Å²) in [6.45, 7) is 9.52. The van der Waals surface area contributed by atoms with Crippen LogP contribution in [0.25, 0.3) is 11.3 Å². The molecule has 0 aliphatic carbocycles. The van der Waals surface area contributed by atoms with Gasteiger partial charge in [0.2, 0.25) is 0 Å². The molecule has 1 fully saturated rings. The maximum atomic E-state index is 14.4. The van der Waals surface area contributed by atoms with Crippen molar-refractivity contribution in [1.82, 2.24) is 15.4 Å². The molecular weight excluding hydrogens is 397 g/mol. The molecule has 1 aromatic carbocycles. The molecule has 29 heavy (non-hydrogen) atoms. The summed E-state index contributed by atoms with van der Waals surface area (Å²) < 4.78 is 25.0. The van der Waals surface area contributed by atoms with Gasteiger partial charge in [-0.3, -0.25) is 9.69 Å². The zero-order valence-electron chi connectivity index (χ0n) is 17.0. The second-order valence-corrected chi connectivity index (χ2v) is 8.11. The molecule has 1 amide bonds. The molecule has 1 aliphatic heterocycles. The van der Waals surface area contributed by atoms with Crippen molar-refractivity contribution in [2.45, 2.75) is 33.2 Å². The lowest BCUT2D eigenvalue weighted by atomic mass is 10.0. The van der Waals surface area contributed by atoms with Gasteiger partial charge in [0.05, 0.1) is 23.8 Å². The molecule has 8 heteroatoms. The van der Waals surface area contributed by atoms with E-state index in [0.29, 0.717) is 31.4 Å². The predicted octanol–water partition coefficient (Wildman–Crippen LogP) is 3.92. The average Bonchev–Trinajstić information content (AvgIpc) is 3.06. The molecule has 0 spiro atoms. The maximum Gasteiger partial charge on any atom is 0.257 e. The van der Waals surface area contributed by atoms with Gasteiger partial charge in [-0.05, 0) is 31.4 Å². The van der Waals surface area contributed by atoms with E-state index in [4.69, 9.17) is 20.9 Å². The largest absolute Gasteiger partial charge is 0.379 e. The first-order valence-corrected chi connectivity index (χ1v) is 10.3. The van der Waals surface area contributed by atoms with Gasteiger partial charge in [0.1, 0.15) is 22.8 Å². The van der Waals surface area contributed by atoms with Crippen molar-refractivity contribution in [1.29, 1.82) is 0 Å². The highest BCUT2D eigenvalue weighted by molar-refractivity contribution is 6.33. The molecule has 2 heterocycles. The number of carbonyl (C=O) groups excluding carboxylic acids is 1. The van der Waals surface area contributed by atoms with E-state index >= 15 is 0 Å². The molecule has 0 unspecified atom stereocenters. The summed E-state index contributed by atoms with van der Waals surface area (Å²) >= 11 is 6.16. The molecule has 158 valence electrons. The van der Waals surface area contributed by atoms with E-state index in [1.807, 2.05) is 0 Å². The van der Waals surface area contributed by atoms with E-state index in [1.54, 1.807) is 13.0 Å². The first-order chi connectivity index (χ1) is 13.9. The number of carbonyl (C=O) groups is 1. The van der Waals surface area contributed by atoms with Gasteiger partial charge < -0.3 is 14.6 Å². The fourth-order valence-corrected chi connectivity index (χ4v) is 3.93. The molecule has 0 saturated carbocycles. The van der Waals surface area contributed by atoms with Crippen LogP contribution in [0.5, 0.6) is 0 Å². The Morgan fingerprint density at radius 2 is 2.07 bits per heavy atom. The third kappa shape index (κ3) is 5.15. The molecule has 1 atom stereocenters. The second-order valence-electron chi connectivity index (χ2n) is 7.70. The van der Waals surface area contributed by atoms with Crippen LogP contribution in [0.2, 0.25) is 5.02 Å². The Morgan fingerprint density at radius 3 is 2.72 bits per heavy atom. The second kappa shape index (κ2) is 9.69. The van der Waals surface area contributed by atoms with Crippen molar-refractivity contribution < 1.29 is 18.4 Å². The fourth-order valence-electron chi connectivity index (χ4n) is 3.68. The van der Waals surface area contributed by atoms with Gasteiger partial charge in [-0.2, -0.15) is 0 Å². The number of nitrogens with zero attached hydrogens (tertiary/aromatic N) is 2. The molecular formula is C21H27ClFN3O3. The zero-order chi connectivity index (χ0) is 21.0. The summed E-state index contributed by atoms with van der Waals surface area (Å²) in [6.07, 6.45) is 0.953. The highest BCUT2D eigenvalue weighted by atomic mass is 35.5. The Bertz CT molecular complexity index is 829. The number of rotatable bonds is 7. The first kappa shape index (κ1) is 21.7. The number of benzene rings is 1. The van der Waals surface area contributed by atoms with E-state index in [-0.39, 0.29) is 33.8 Å². The maximum absolute atomic E-state index is 14.4. The highest BCUT2D eigenvalue weighted by Gasteiger charge is 2.27. The molecule has 1 aromatic heterocycles. The summed E-state index contributed by atoms with van der Waals surface area (Å²) in [5, 5.41) is 7.08. The lowest BCUT2D eigenvalue weighted by Crippen LogP contribution is -2.49. The molecule has 0 radical (unpaired) electrons. The lowest BCUT2D eigenvalue weighted by Gasteiger charge is -2.35. The van der Waals surface area contributed by atoms with Gasteiger partial charge in [-0.15, -0.1) is 0 Å².